The molecule has 0 spiro atoms. The van der Waals surface area contributed by atoms with Gasteiger partial charge in [0.2, 0.25) is 0 Å². The van der Waals surface area contributed by atoms with Crippen molar-refractivity contribution in [3.8, 4) is 0 Å². The van der Waals surface area contributed by atoms with Crippen LogP contribution in [0, 0.1) is 0 Å². The van der Waals surface area contributed by atoms with Crippen LogP contribution in [0.5, 0.6) is 0 Å². The van der Waals surface area contributed by atoms with E-state index in [4.69, 9.17) is 10.8 Å². The molecule has 0 aliphatic carbocycles. The van der Waals surface area contributed by atoms with Gasteiger partial charge < -0.3 is 28.1 Å². The largest absolute Gasteiger partial charge is 0.673 e. The topological polar surface area (TPSA) is 46.2 Å². The lowest BCUT2D eigenvalue weighted by Gasteiger charge is -1.94. The van der Waals surface area contributed by atoms with Crippen molar-refractivity contribution in [2.45, 2.75) is 13.0 Å². The molecular formula is C3H9BF4NO-. The highest BCUT2D eigenvalue weighted by Crippen LogP contribution is 2.06. The van der Waals surface area contributed by atoms with Gasteiger partial charge in [-0.25, -0.2) is 0 Å². The molecule has 1 atom stereocenters. The summed E-state index contributed by atoms with van der Waals surface area (Å²) in [6.07, 6.45) is -0.338. The number of rotatable bonds is 1. The number of hydrogen-bond donors (Lipinski definition) is 2. The van der Waals surface area contributed by atoms with Crippen LogP contribution in [-0.2, 0) is 0 Å². The van der Waals surface area contributed by atoms with Crippen LogP contribution in [0.3, 0.4) is 0 Å². The molecule has 1 unspecified atom stereocenters. The van der Waals surface area contributed by atoms with Crippen molar-refractivity contribution in [3.05, 3.63) is 0 Å². The molecule has 0 saturated heterocycles. The average molecular weight is 162 g/mol. The predicted molar refractivity (Wildman–Crippen MR) is 30.9 cm³/mol. The minimum absolute atomic E-state index is 0.338. The molecule has 0 bridgehead atoms. The number of nitrogens with two attached hydrogens (primary N) is 1. The Morgan fingerprint density at radius 2 is 1.50 bits per heavy atom. The first kappa shape index (κ1) is 12.4. The fraction of sp³-hybridized carbons (Fsp3) is 1.00. The molecule has 0 saturated carbocycles. The summed E-state index contributed by atoms with van der Waals surface area (Å²) < 4.78 is 39.0. The summed E-state index contributed by atoms with van der Waals surface area (Å²) in [6.45, 7) is 2.01. The van der Waals surface area contributed by atoms with E-state index in [-0.39, 0.29) is 6.10 Å². The maximum absolute atomic E-state index is 9.75. The van der Waals surface area contributed by atoms with E-state index in [1.165, 1.54) is 0 Å². The Labute approximate surface area is 56.1 Å². The van der Waals surface area contributed by atoms with Gasteiger partial charge in [-0.1, -0.05) is 0 Å². The zero-order chi connectivity index (χ0) is 8.78. The lowest BCUT2D eigenvalue weighted by atomic mass is 10.3. The summed E-state index contributed by atoms with van der Waals surface area (Å²) in [5.74, 6) is 0. The fourth-order valence-electron chi connectivity index (χ4n) is 0. The molecule has 0 amide bonds. The van der Waals surface area contributed by atoms with Gasteiger partial charge in [-0.2, -0.15) is 0 Å². The van der Waals surface area contributed by atoms with Crippen LogP contribution in [0.4, 0.5) is 17.3 Å². The van der Waals surface area contributed by atoms with Crippen LogP contribution >= 0.6 is 0 Å². The third-order valence-corrected chi connectivity index (χ3v) is 0.341. The quantitative estimate of drug-likeness (QED) is 0.438. The van der Waals surface area contributed by atoms with Crippen molar-refractivity contribution in [2.24, 2.45) is 5.73 Å². The SMILES string of the molecule is CC(O)CN.F[B-](F)(F)F. The van der Waals surface area contributed by atoms with E-state index in [1.54, 1.807) is 6.92 Å². The first-order valence-electron chi connectivity index (χ1n) is 2.52. The highest BCUT2D eigenvalue weighted by atomic mass is 19.5. The third-order valence-electron chi connectivity index (χ3n) is 0.341. The Balaban J connectivity index is 0. The van der Waals surface area contributed by atoms with E-state index >= 15 is 0 Å². The molecule has 0 aliphatic rings. The maximum Gasteiger partial charge on any atom is 0.673 e. The highest BCUT2D eigenvalue weighted by molar-refractivity contribution is 6.50. The molecule has 0 heterocycles. The van der Waals surface area contributed by atoms with E-state index in [0.29, 0.717) is 6.54 Å². The second-order valence-electron chi connectivity index (χ2n) is 1.58. The Kier molecular flexibility index (Phi) is 6.80. The van der Waals surface area contributed by atoms with E-state index in [2.05, 4.69) is 0 Å². The molecule has 64 valence electrons. The lowest BCUT2D eigenvalue weighted by molar-refractivity contribution is 0.203. The molecule has 0 aromatic carbocycles. The Bertz CT molecular complexity index is 69.4. The normalized spacial score (nSPS) is 13.5. The second kappa shape index (κ2) is 5.49. The molecular weight excluding hydrogens is 153 g/mol. The molecule has 3 N–H and O–H groups in total. The summed E-state index contributed by atoms with van der Waals surface area (Å²) in [7, 11) is -6.00. The minimum atomic E-state index is -6.00. The smallest absolute Gasteiger partial charge is 0.418 e. The number of aliphatic hydroxyl groups excluding tert-OH is 1. The van der Waals surface area contributed by atoms with E-state index < -0.39 is 7.25 Å². The van der Waals surface area contributed by atoms with Crippen molar-refractivity contribution >= 4 is 7.25 Å². The Hall–Kier alpha value is -0.295. The van der Waals surface area contributed by atoms with Crippen molar-refractivity contribution < 1.29 is 22.4 Å². The first-order valence-corrected chi connectivity index (χ1v) is 2.52. The van der Waals surface area contributed by atoms with Crippen LogP contribution in [0.1, 0.15) is 6.92 Å². The highest BCUT2D eigenvalue weighted by Gasteiger charge is 2.20. The van der Waals surface area contributed by atoms with Crippen molar-refractivity contribution in [2.75, 3.05) is 6.54 Å². The van der Waals surface area contributed by atoms with E-state index in [0.717, 1.165) is 0 Å². The molecule has 7 heteroatoms. The summed E-state index contributed by atoms with van der Waals surface area (Å²) in [5.41, 5.74) is 4.92. The van der Waals surface area contributed by atoms with Crippen LogP contribution < -0.4 is 5.73 Å². The number of hydrogen-bond acceptors (Lipinski definition) is 2. The van der Waals surface area contributed by atoms with Crippen molar-refractivity contribution in [1.29, 1.82) is 0 Å². The molecule has 0 aromatic rings. The van der Waals surface area contributed by atoms with Gasteiger partial charge in [0.1, 0.15) is 0 Å². The Morgan fingerprint density at radius 1 is 1.40 bits per heavy atom. The lowest BCUT2D eigenvalue weighted by Crippen LogP contribution is -2.14. The number of halogens is 4. The standard InChI is InChI=1S/C3H9NO.BF4/c1-3(5)2-4;2-1(3,4)5/h3,5H,2,4H2,1H3;/q;-1. The van der Waals surface area contributed by atoms with E-state index in [1.807, 2.05) is 0 Å². The second-order valence-corrected chi connectivity index (χ2v) is 1.58. The molecule has 0 aromatic heterocycles. The summed E-state index contributed by atoms with van der Waals surface area (Å²) >= 11 is 0. The van der Waals surface area contributed by atoms with Gasteiger partial charge in [0, 0.05) is 6.54 Å². The van der Waals surface area contributed by atoms with E-state index in [9.17, 15) is 17.3 Å². The van der Waals surface area contributed by atoms with Gasteiger partial charge in [0.25, 0.3) is 0 Å². The summed E-state index contributed by atoms with van der Waals surface area (Å²) in [4.78, 5) is 0. The van der Waals surface area contributed by atoms with Gasteiger partial charge in [0.15, 0.2) is 0 Å². The average Bonchev–Trinajstić information content (AvgIpc) is 1.61. The zero-order valence-corrected chi connectivity index (χ0v) is 5.40. The zero-order valence-electron chi connectivity index (χ0n) is 5.40. The summed E-state index contributed by atoms with van der Waals surface area (Å²) in [6, 6.07) is 0. The fourth-order valence-corrected chi connectivity index (χ4v) is 0. The van der Waals surface area contributed by atoms with Crippen LogP contribution in [-0.4, -0.2) is 25.0 Å². The van der Waals surface area contributed by atoms with Gasteiger partial charge in [-0.05, 0) is 6.92 Å². The van der Waals surface area contributed by atoms with Crippen molar-refractivity contribution in [1.82, 2.24) is 0 Å². The van der Waals surface area contributed by atoms with Gasteiger partial charge in [0.05, 0.1) is 6.10 Å². The molecule has 10 heavy (non-hydrogen) atoms. The molecule has 0 radical (unpaired) electrons. The predicted octanol–water partition coefficient (Wildman–Crippen LogP) is 0.626. The van der Waals surface area contributed by atoms with Gasteiger partial charge in [-0.15, -0.1) is 0 Å². The minimum Gasteiger partial charge on any atom is -0.418 e. The Morgan fingerprint density at radius 3 is 1.50 bits per heavy atom. The molecule has 2 nitrogen and oxygen atoms in total. The maximum atomic E-state index is 9.75. The first-order chi connectivity index (χ1) is 4.27. The third kappa shape index (κ3) is 119. The molecule has 0 aliphatic heterocycles. The van der Waals surface area contributed by atoms with Gasteiger partial charge >= 0.3 is 7.25 Å². The van der Waals surface area contributed by atoms with Crippen LogP contribution in [0.25, 0.3) is 0 Å². The molecule has 0 rings (SSSR count). The van der Waals surface area contributed by atoms with Crippen LogP contribution in [0.15, 0.2) is 0 Å². The van der Waals surface area contributed by atoms with Crippen molar-refractivity contribution in [3.63, 3.8) is 0 Å². The van der Waals surface area contributed by atoms with Gasteiger partial charge in [-0.3, -0.25) is 0 Å². The summed E-state index contributed by atoms with van der Waals surface area (Å²) in [5, 5.41) is 8.24. The van der Waals surface area contributed by atoms with Crippen LogP contribution in [0.2, 0.25) is 0 Å². The molecule has 0 fully saturated rings. The monoisotopic (exact) mass is 162 g/mol. The number of aliphatic hydroxyl groups is 1.